The van der Waals surface area contributed by atoms with Crippen molar-refractivity contribution in [1.29, 1.82) is 0 Å². The molecule has 1 aliphatic rings. The van der Waals surface area contributed by atoms with Crippen molar-refractivity contribution in [3.8, 4) is 0 Å². The Bertz CT molecular complexity index is 293. The number of unbranched alkanes of at least 4 members (excludes halogenated alkanes) is 3. The predicted molar refractivity (Wildman–Crippen MR) is 81.7 cm³/mol. The molecule has 0 spiro atoms. The van der Waals surface area contributed by atoms with Crippen molar-refractivity contribution in [2.24, 2.45) is 5.41 Å². The van der Waals surface area contributed by atoms with Gasteiger partial charge in [-0.2, -0.15) is 0 Å². The van der Waals surface area contributed by atoms with Crippen LogP contribution < -0.4 is 0 Å². The van der Waals surface area contributed by atoms with Gasteiger partial charge in [0.15, 0.2) is 5.78 Å². The van der Waals surface area contributed by atoms with Gasteiger partial charge in [-0.15, -0.1) is 0 Å². The van der Waals surface area contributed by atoms with Crippen molar-refractivity contribution in [3.05, 3.63) is 0 Å². The Morgan fingerprint density at radius 1 is 1.25 bits per heavy atom. The molecule has 20 heavy (non-hydrogen) atoms. The molecule has 118 valence electrons. The number of rotatable bonds is 7. The van der Waals surface area contributed by atoms with Gasteiger partial charge < -0.3 is 9.84 Å². The van der Waals surface area contributed by atoms with Crippen LogP contribution in [-0.2, 0) is 9.53 Å². The van der Waals surface area contributed by atoms with Crippen molar-refractivity contribution in [3.63, 3.8) is 0 Å². The van der Waals surface area contributed by atoms with Gasteiger partial charge in [-0.05, 0) is 25.7 Å². The molecule has 0 saturated carbocycles. The van der Waals surface area contributed by atoms with Crippen LogP contribution in [0, 0.1) is 5.41 Å². The highest BCUT2D eigenvalue weighted by Crippen LogP contribution is 2.28. The minimum absolute atomic E-state index is 0.103. The van der Waals surface area contributed by atoms with Crippen LogP contribution in [0.25, 0.3) is 0 Å². The number of carbonyl (C=O) groups excluding carboxylic acids is 1. The van der Waals surface area contributed by atoms with E-state index in [9.17, 15) is 9.90 Å². The van der Waals surface area contributed by atoms with E-state index >= 15 is 0 Å². The first kappa shape index (κ1) is 17.6. The molecule has 1 saturated heterocycles. The Hall–Kier alpha value is -0.410. The highest BCUT2D eigenvalue weighted by atomic mass is 16.5. The molecule has 3 nitrogen and oxygen atoms in total. The smallest absolute Gasteiger partial charge is 0.169 e. The van der Waals surface area contributed by atoms with E-state index in [1.54, 1.807) is 0 Å². The zero-order valence-corrected chi connectivity index (χ0v) is 13.7. The topological polar surface area (TPSA) is 46.5 Å². The molecular formula is C17H32O3. The lowest BCUT2D eigenvalue weighted by molar-refractivity contribution is -0.153. The third-order valence-electron chi connectivity index (χ3n) is 4.12. The van der Waals surface area contributed by atoms with Gasteiger partial charge in [0.05, 0.1) is 12.2 Å². The highest BCUT2D eigenvalue weighted by Gasteiger charge is 2.36. The highest BCUT2D eigenvalue weighted by molar-refractivity contribution is 5.88. The van der Waals surface area contributed by atoms with E-state index in [1.165, 1.54) is 25.7 Å². The zero-order valence-electron chi connectivity index (χ0n) is 13.7. The van der Waals surface area contributed by atoms with Crippen LogP contribution in [-0.4, -0.2) is 29.2 Å². The maximum absolute atomic E-state index is 12.1. The fourth-order valence-electron chi connectivity index (χ4n) is 2.79. The lowest BCUT2D eigenvalue weighted by Gasteiger charge is -2.34. The van der Waals surface area contributed by atoms with Gasteiger partial charge in [-0.3, -0.25) is 4.79 Å². The lowest BCUT2D eigenvalue weighted by atomic mass is 9.84. The number of ketones is 1. The van der Waals surface area contributed by atoms with Crippen molar-refractivity contribution in [1.82, 2.24) is 0 Å². The first-order valence-electron chi connectivity index (χ1n) is 8.24. The normalized spacial score (nSPS) is 25.4. The first-order valence-corrected chi connectivity index (χ1v) is 8.24. The van der Waals surface area contributed by atoms with Gasteiger partial charge in [0.25, 0.3) is 0 Å². The van der Waals surface area contributed by atoms with Crippen molar-refractivity contribution in [2.75, 3.05) is 0 Å². The van der Waals surface area contributed by atoms with E-state index in [2.05, 4.69) is 6.92 Å². The molecule has 1 N–H and O–H groups in total. The Morgan fingerprint density at radius 3 is 2.55 bits per heavy atom. The molecule has 1 rings (SSSR count). The van der Waals surface area contributed by atoms with Gasteiger partial charge in [0, 0.05) is 5.41 Å². The molecule has 0 aromatic carbocycles. The Kier molecular flexibility index (Phi) is 7.18. The molecule has 3 atom stereocenters. The summed E-state index contributed by atoms with van der Waals surface area (Å²) in [6, 6.07) is 0. The summed E-state index contributed by atoms with van der Waals surface area (Å²) in [7, 11) is 0. The Balaban J connectivity index is 2.42. The third kappa shape index (κ3) is 5.53. The monoisotopic (exact) mass is 284 g/mol. The molecule has 0 amide bonds. The van der Waals surface area contributed by atoms with Crippen LogP contribution in [0.3, 0.4) is 0 Å². The van der Waals surface area contributed by atoms with E-state index in [0.29, 0.717) is 0 Å². The number of ether oxygens (including phenoxy) is 1. The van der Waals surface area contributed by atoms with Gasteiger partial charge in [-0.1, -0.05) is 53.4 Å². The lowest BCUT2D eigenvalue weighted by Crippen LogP contribution is -2.45. The molecule has 1 heterocycles. The summed E-state index contributed by atoms with van der Waals surface area (Å²) in [6.07, 6.45) is 7.92. The number of hydrogen-bond acceptors (Lipinski definition) is 3. The molecule has 0 unspecified atom stereocenters. The summed E-state index contributed by atoms with van der Waals surface area (Å²) < 4.78 is 5.97. The Morgan fingerprint density at radius 2 is 1.95 bits per heavy atom. The number of carbonyl (C=O) groups is 1. The third-order valence-corrected chi connectivity index (χ3v) is 4.12. The average Bonchev–Trinajstić information content (AvgIpc) is 2.41. The number of aliphatic hydroxyl groups excluding tert-OH is 1. The van der Waals surface area contributed by atoms with Crippen LogP contribution in [0.5, 0.6) is 0 Å². The van der Waals surface area contributed by atoms with Crippen LogP contribution in [0.15, 0.2) is 0 Å². The minimum Gasteiger partial charge on any atom is -0.383 e. The van der Waals surface area contributed by atoms with Gasteiger partial charge in [-0.25, -0.2) is 0 Å². The molecule has 0 aliphatic carbocycles. The van der Waals surface area contributed by atoms with Crippen LogP contribution >= 0.6 is 0 Å². The van der Waals surface area contributed by atoms with Crippen LogP contribution in [0.1, 0.15) is 79.1 Å². The van der Waals surface area contributed by atoms with Crippen molar-refractivity contribution < 1.29 is 14.6 Å². The fourth-order valence-corrected chi connectivity index (χ4v) is 2.79. The van der Waals surface area contributed by atoms with E-state index in [4.69, 9.17) is 4.74 Å². The minimum atomic E-state index is -0.964. The van der Waals surface area contributed by atoms with Crippen LogP contribution in [0.4, 0.5) is 0 Å². The van der Waals surface area contributed by atoms with Gasteiger partial charge in [0.1, 0.15) is 6.10 Å². The second-order valence-corrected chi connectivity index (χ2v) is 7.14. The summed E-state index contributed by atoms with van der Waals surface area (Å²) in [5.74, 6) is -0.103. The molecule has 3 heteroatoms. The summed E-state index contributed by atoms with van der Waals surface area (Å²) in [6.45, 7) is 7.76. The number of aliphatic hydroxyl groups is 1. The maximum atomic E-state index is 12.1. The summed E-state index contributed by atoms with van der Waals surface area (Å²) >= 11 is 0. The quantitative estimate of drug-likeness (QED) is 0.722. The molecule has 0 aromatic rings. The van der Waals surface area contributed by atoms with Crippen molar-refractivity contribution >= 4 is 5.78 Å². The summed E-state index contributed by atoms with van der Waals surface area (Å²) in [4.78, 5) is 12.1. The predicted octanol–water partition coefficient (Wildman–Crippen LogP) is 3.87. The molecule has 1 fully saturated rings. The fraction of sp³-hybridized carbons (Fsp3) is 0.941. The maximum Gasteiger partial charge on any atom is 0.169 e. The Labute approximate surface area is 124 Å². The van der Waals surface area contributed by atoms with Crippen LogP contribution in [0.2, 0.25) is 0 Å². The molecule has 0 bridgehead atoms. The molecule has 1 aliphatic heterocycles. The summed E-state index contributed by atoms with van der Waals surface area (Å²) in [5, 5.41) is 10.2. The molecule has 0 radical (unpaired) electrons. The standard InChI is InChI=1S/C17H32O3/c1-5-6-7-8-10-13-11-9-12-14(20-13)15(18)16(19)17(2,3)4/h13-15,18H,5-12H2,1-4H3/t13-,14+,15+/m0/s1. The largest absolute Gasteiger partial charge is 0.383 e. The number of Topliss-reactive ketones (excluding diaryl/α,β-unsaturated/α-hetero) is 1. The second kappa shape index (κ2) is 8.14. The van der Waals surface area contributed by atoms with Gasteiger partial charge in [0.2, 0.25) is 0 Å². The first-order chi connectivity index (χ1) is 9.36. The summed E-state index contributed by atoms with van der Waals surface area (Å²) in [5.41, 5.74) is -0.503. The van der Waals surface area contributed by atoms with E-state index in [-0.39, 0.29) is 18.0 Å². The number of hydrogen-bond donors (Lipinski definition) is 1. The average molecular weight is 284 g/mol. The second-order valence-electron chi connectivity index (χ2n) is 7.14. The van der Waals surface area contributed by atoms with Gasteiger partial charge >= 0.3 is 0 Å². The zero-order chi connectivity index (χ0) is 15.2. The van der Waals surface area contributed by atoms with Crippen molar-refractivity contribution in [2.45, 2.75) is 97.4 Å². The SMILES string of the molecule is CCCCCC[C@H]1CCC[C@H]([C@@H](O)C(=O)C(C)(C)C)O1. The molecule has 0 aromatic heterocycles. The van der Waals surface area contributed by atoms with E-state index in [1.807, 2.05) is 20.8 Å². The molecular weight excluding hydrogens is 252 g/mol. The van der Waals surface area contributed by atoms with E-state index < -0.39 is 11.5 Å². The van der Waals surface area contributed by atoms with E-state index in [0.717, 1.165) is 25.7 Å².